The summed E-state index contributed by atoms with van der Waals surface area (Å²) >= 11 is 0. The fraction of sp³-hybridized carbons (Fsp3) is 0.154. The Morgan fingerprint density at radius 3 is 2.38 bits per heavy atom. The molecule has 3 nitrogen and oxygen atoms in total. The van der Waals surface area contributed by atoms with Gasteiger partial charge in [0.25, 0.3) is 0 Å². The average molecular weight is 218 g/mol. The zero-order valence-corrected chi connectivity index (χ0v) is 8.89. The van der Waals surface area contributed by atoms with Gasteiger partial charge in [0.05, 0.1) is 0 Å². The molecule has 0 aliphatic rings. The smallest absolute Gasteiger partial charge is 0.337 e. The van der Waals surface area contributed by atoms with Crippen molar-refractivity contribution in [3.05, 3.63) is 54.6 Å². The van der Waals surface area contributed by atoms with Crippen LogP contribution in [0.3, 0.4) is 0 Å². The minimum atomic E-state index is -1.55. The van der Waals surface area contributed by atoms with Crippen LogP contribution in [-0.4, -0.2) is 22.3 Å². The van der Waals surface area contributed by atoms with E-state index in [1.807, 2.05) is 12.1 Å². The Morgan fingerprint density at radius 1 is 1.38 bits per heavy atom. The third-order valence-electron chi connectivity index (χ3n) is 2.27. The van der Waals surface area contributed by atoms with Gasteiger partial charge in [-0.1, -0.05) is 36.9 Å². The third kappa shape index (κ3) is 2.81. The van der Waals surface area contributed by atoms with E-state index in [4.69, 9.17) is 5.11 Å². The maximum Gasteiger partial charge on any atom is 0.337 e. The highest BCUT2D eigenvalue weighted by Crippen LogP contribution is 2.17. The summed E-state index contributed by atoms with van der Waals surface area (Å²) in [5.74, 6) is -1.29. The molecule has 84 valence electrons. The van der Waals surface area contributed by atoms with Crippen LogP contribution in [0, 0.1) is 0 Å². The molecule has 0 aromatic heterocycles. The summed E-state index contributed by atoms with van der Waals surface area (Å²) in [5.41, 5.74) is 1.90. The van der Waals surface area contributed by atoms with Gasteiger partial charge < -0.3 is 10.2 Å². The van der Waals surface area contributed by atoms with E-state index in [-0.39, 0.29) is 5.57 Å². The largest absolute Gasteiger partial charge is 0.479 e. The van der Waals surface area contributed by atoms with Gasteiger partial charge in [-0.05, 0) is 23.1 Å². The Labute approximate surface area is 94.4 Å². The molecule has 0 saturated carbocycles. The number of allylic oxidation sites excluding steroid dienone is 1. The van der Waals surface area contributed by atoms with E-state index in [0.29, 0.717) is 5.56 Å². The van der Waals surface area contributed by atoms with Crippen LogP contribution in [0.25, 0.3) is 5.57 Å². The van der Waals surface area contributed by atoms with Gasteiger partial charge in [-0.3, -0.25) is 0 Å². The van der Waals surface area contributed by atoms with E-state index in [9.17, 15) is 9.90 Å². The Morgan fingerprint density at radius 2 is 1.94 bits per heavy atom. The zero-order chi connectivity index (χ0) is 12.1. The Hall–Kier alpha value is -1.87. The van der Waals surface area contributed by atoms with Crippen molar-refractivity contribution in [3.63, 3.8) is 0 Å². The number of benzene rings is 1. The van der Waals surface area contributed by atoms with Crippen LogP contribution < -0.4 is 0 Å². The number of aliphatic hydroxyl groups is 1. The first-order valence-electron chi connectivity index (χ1n) is 4.86. The van der Waals surface area contributed by atoms with E-state index in [1.54, 1.807) is 18.2 Å². The molecule has 0 fully saturated rings. The van der Waals surface area contributed by atoms with E-state index in [2.05, 4.69) is 13.2 Å². The maximum absolute atomic E-state index is 10.6. The van der Waals surface area contributed by atoms with Crippen molar-refractivity contribution >= 4 is 11.5 Å². The number of carboxylic acid groups (broad SMARTS) is 1. The summed E-state index contributed by atoms with van der Waals surface area (Å²) in [4.78, 5) is 10.6. The Kier molecular flexibility index (Phi) is 4.03. The van der Waals surface area contributed by atoms with E-state index < -0.39 is 12.1 Å². The molecule has 0 aliphatic heterocycles. The molecule has 1 atom stereocenters. The predicted octanol–water partition coefficient (Wildman–Crippen LogP) is 1.87. The number of hydrogen-bond donors (Lipinski definition) is 2. The highest BCUT2D eigenvalue weighted by molar-refractivity contribution is 5.88. The second kappa shape index (κ2) is 5.28. The summed E-state index contributed by atoms with van der Waals surface area (Å²) in [6.45, 7) is 7.20. The molecule has 1 unspecified atom stereocenters. The Bertz CT molecular complexity index is 404. The topological polar surface area (TPSA) is 57.5 Å². The normalized spacial score (nSPS) is 11.8. The number of carboxylic acids is 1. The lowest BCUT2D eigenvalue weighted by Gasteiger charge is -2.09. The zero-order valence-electron chi connectivity index (χ0n) is 8.89. The molecule has 1 rings (SSSR count). The van der Waals surface area contributed by atoms with Crippen LogP contribution in [0.1, 0.15) is 11.1 Å². The highest BCUT2D eigenvalue weighted by atomic mass is 16.4. The molecule has 3 heteroatoms. The molecule has 1 aromatic rings. The molecule has 0 spiro atoms. The summed E-state index contributed by atoms with van der Waals surface area (Å²) in [7, 11) is 0. The van der Waals surface area contributed by atoms with Gasteiger partial charge in [0.15, 0.2) is 6.10 Å². The van der Waals surface area contributed by atoms with Crippen molar-refractivity contribution in [2.45, 2.75) is 12.5 Å². The van der Waals surface area contributed by atoms with Crippen molar-refractivity contribution in [2.24, 2.45) is 0 Å². The van der Waals surface area contributed by atoms with Gasteiger partial charge in [0, 0.05) is 0 Å². The summed E-state index contributed by atoms with van der Waals surface area (Å²) in [5, 5.41) is 17.9. The lowest BCUT2D eigenvalue weighted by Crippen LogP contribution is -2.20. The number of hydrogen-bond acceptors (Lipinski definition) is 2. The van der Waals surface area contributed by atoms with Crippen LogP contribution in [0.5, 0.6) is 0 Å². The summed E-state index contributed by atoms with van der Waals surface area (Å²) in [6, 6.07) is 7.20. The van der Waals surface area contributed by atoms with Gasteiger partial charge in [0.2, 0.25) is 0 Å². The molecule has 0 heterocycles. The predicted molar refractivity (Wildman–Crippen MR) is 63.0 cm³/mol. The van der Waals surface area contributed by atoms with Gasteiger partial charge in [-0.25, -0.2) is 4.79 Å². The van der Waals surface area contributed by atoms with Crippen molar-refractivity contribution in [2.75, 3.05) is 0 Å². The van der Waals surface area contributed by atoms with Gasteiger partial charge >= 0.3 is 5.97 Å². The average Bonchev–Trinajstić information content (AvgIpc) is 2.28. The maximum atomic E-state index is 10.6. The van der Waals surface area contributed by atoms with Crippen molar-refractivity contribution in [1.29, 1.82) is 0 Å². The standard InChI is InChI=1S/C13H14O3/c1-3-4-10-5-7-11(8-6-10)9(2)12(14)13(15)16/h3,5-8,12,14H,1-2,4H2,(H,15,16). The van der Waals surface area contributed by atoms with E-state index in [1.165, 1.54) is 0 Å². The van der Waals surface area contributed by atoms with Gasteiger partial charge in [-0.15, -0.1) is 6.58 Å². The third-order valence-corrected chi connectivity index (χ3v) is 2.27. The first kappa shape index (κ1) is 12.2. The van der Waals surface area contributed by atoms with Crippen LogP contribution in [-0.2, 0) is 11.2 Å². The van der Waals surface area contributed by atoms with E-state index in [0.717, 1.165) is 12.0 Å². The monoisotopic (exact) mass is 218 g/mol. The van der Waals surface area contributed by atoms with Crippen LogP contribution in [0.2, 0.25) is 0 Å². The Balaban J connectivity index is 2.85. The number of aliphatic carboxylic acids is 1. The SMILES string of the molecule is C=CCc1ccc(C(=C)C(O)C(=O)O)cc1. The van der Waals surface area contributed by atoms with Crippen molar-refractivity contribution < 1.29 is 15.0 Å². The minimum absolute atomic E-state index is 0.192. The second-order valence-corrected chi connectivity index (χ2v) is 3.46. The molecule has 0 bridgehead atoms. The first-order valence-corrected chi connectivity index (χ1v) is 4.86. The van der Waals surface area contributed by atoms with Crippen molar-refractivity contribution in [1.82, 2.24) is 0 Å². The highest BCUT2D eigenvalue weighted by Gasteiger charge is 2.17. The summed E-state index contributed by atoms with van der Waals surface area (Å²) in [6.07, 6.45) is 0.995. The number of aliphatic hydroxyl groups excluding tert-OH is 1. The van der Waals surface area contributed by atoms with Crippen LogP contribution in [0.4, 0.5) is 0 Å². The van der Waals surface area contributed by atoms with Crippen molar-refractivity contribution in [3.8, 4) is 0 Å². The fourth-order valence-corrected chi connectivity index (χ4v) is 1.33. The lowest BCUT2D eigenvalue weighted by molar-refractivity contribution is -0.143. The molecule has 2 N–H and O–H groups in total. The molecule has 16 heavy (non-hydrogen) atoms. The molecule has 0 aliphatic carbocycles. The first-order chi connectivity index (χ1) is 7.56. The van der Waals surface area contributed by atoms with E-state index >= 15 is 0 Å². The van der Waals surface area contributed by atoms with Gasteiger partial charge in [0.1, 0.15) is 0 Å². The minimum Gasteiger partial charge on any atom is -0.479 e. The fourth-order valence-electron chi connectivity index (χ4n) is 1.33. The quantitative estimate of drug-likeness (QED) is 0.742. The molecule has 0 radical (unpaired) electrons. The lowest BCUT2D eigenvalue weighted by atomic mass is 10.0. The second-order valence-electron chi connectivity index (χ2n) is 3.46. The molecular formula is C13H14O3. The molecule has 0 saturated heterocycles. The molecule has 1 aromatic carbocycles. The number of rotatable bonds is 5. The summed E-state index contributed by atoms with van der Waals surface area (Å²) < 4.78 is 0. The molecular weight excluding hydrogens is 204 g/mol. The van der Waals surface area contributed by atoms with Crippen LogP contribution >= 0.6 is 0 Å². The molecule has 0 amide bonds. The van der Waals surface area contributed by atoms with Gasteiger partial charge in [-0.2, -0.15) is 0 Å². The van der Waals surface area contributed by atoms with Crippen LogP contribution in [0.15, 0.2) is 43.5 Å². The number of carbonyl (C=O) groups is 1.